The highest BCUT2D eigenvalue weighted by Gasteiger charge is 2.28. The summed E-state index contributed by atoms with van der Waals surface area (Å²) in [7, 11) is -4.61. The van der Waals surface area contributed by atoms with Crippen LogP contribution in [0.2, 0.25) is 0 Å². The molecule has 2 aromatic rings. The summed E-state index contributed by atoms with van der Waals surface area (Å²) in [5.41, 5.74) is 1.25. The van der Waals surface area contributed by atoms with Crippen molar-refractivity contribution in [3.8, 4) is 0 Å². The molecule has 22 heavy (non-hydrogen) atoms. The molecule has 0 saturated carbocycles. The second-order valence-corrected chi connectivity index (χ2v) is 6.75. The maximum atomic E-state index is 12.7. The number of halogens is 2. The summed E-state index contributed by atoms with van der Waals surface area (Å²) in [5.74, 6) is -3.43. The lowest BCUT2D eigenvalue weighted by Crippen LogP contribution is -2.15. The van der Waals surface area contributed by atoms with Crippen molar-refractivity contribution >= 4 is 15.5 Å². The van der Waals surface area contributed by atoms with E-state index in [2.05, 4.69) is 10.4 Å². The predicted molar refractivity (Wildman–Crippen MR) is 79.7 cm³/mol. The molecular weight excluding hydrogens is 312 g/mol. The lowest BCUT2D eigenvalue weighted by Gasteiger charge is -2.12. The van der Waals surface area contributed by atoms with E-state index in [1.54, 1.807) is 16.9 Å². The van der Waals surface area contributed by atoms with Gasteiger partial charge in [-0.3, -0.25) is 4.68 Å². The number of nitrogens with one attached hydrogen (secondary N) is 1. The van der Waals surface area contributed by atoms with Crippen LogP contribution in [0.5, 0.6) is 0 Å². The molecule has 1 N–H and O–H groups in total. The van der Waals surface area contributed by atoms with Crippen LogP contribution in [0.1, 0.15) is 12.0 Å². The van der Waals surface area contributed by atoms with Crippen molar-refractivity contribution in [3.63, 3.8) is 0 Å². The van der Waals surface area contributed by atoms with E-state index in [0.29, 0.717) is 19.5 Å². The Morgan fingerprint density at radius 1 is 1.32 bits per heavy atom. The number of para-hydroxylation sites is 1. The molecule has 5 nitrogen and oxygen atoms in total. The van der Waals surface area contributed by atoms with Crippen LogP contribution in [0.15, 0.2) is 41.6 Å². The third-order valence-corrected chi connectivity index (χ3v) is 4.51. The Hall–Kier alpha value is -1.96. The van der Waals surface area contributed by atoms with Crippen LogP contribution in [0.3, 0.4) is 0 Å². The number of benzene rings is 1. The van der Waals surface area contributed by atoms with Gasteiger partial charge in [0, 0.05) is 19.3 Å². The molecule has 1 aromatic carbocycles. The standard InChI is InChI=1S/C14H17F2N3O2S/c1-11-9-18-19(10-11)8-4-7-17-12-5-2-3-6-13(12)22(20,21)14(15)16/h2-3,5-6,9-10,14,17H,4,7-8H2,1H3. The number of hydrogen-bond donors (Lipinski definition) is 1. The molecule has 0 aliphatic rings. The minimum atomic E-state index is -4.61. The third-order valence-electron chi connectivity index (χ3n) is 3.07. The van der Waals surface area contributed by atoms with Crippen LogP contribution < -0.4 is 5.32 Å². The highest BCUT2D eigenvalue weighted by Crippen LogP contribution is 2.25. The van der Waals surface area contributed by atoms with Crippen LogP contribution in [-0.2, 0) is 16.4 Å². The zero-order chi connectivity index (χ0) is 16.2. The molecule has 120 valence electrons. The molecule has 2 rings (SSSR count). The summed E-state index contributed by atoms with van der Waals surface area (Å²) >= 11 is 0. The fourth-order valence-corrected chi connectivity index (χ4v) is 2.92. The van der Waals surface area contributed by atoms with Crippen molar-refractivity contribution in [1.82, 2.24) is 9.78 Å². The zero-order valence-electron chi connectivity index (χ0n) is 12.0. The van der Waals surface area contributed by atoms with Gasteiger partial charge in [0.05, 0.1) is 16.8 Å². The van der Waals surface area contributed by atoms with E-state index < -0.39 is 15.6 Å². The van der Waals surface area contributed by atoms with Crippen LogP contribution >= 0.6 is 0 Å². The molecular formula is C14H17F2N3O2S. The summed E-state index contributed by atoms with van der Waals surface area (Å²) < 4.78 is 50.3. The first kappa shape index (κ1) is 16.4. The van der Waals surface area contributed by atoms with Crippen molar-refractivity contribution in [3.05, 3.63) is 42.2 Å². The van der Waals surface area contributed by atoms with E-state index in [-0.39, 0.29) is 10.6 Å². The molecule has 1 aromatic heterocycles. The summed E-state index contributed by atoms with van der Waals surface area (Å²) in [4.78, 5) is -0.375. The van der Waals surface area contributed by atoms with Gasteiger partial charge in [-0.1, -0.05) is 12.1 Å². The second kappa shape index (κ2) is 6.87. The summed E-state index contributed by atoms with van der Waals surface area (Å²) in [5, 5.41) is 7.03. The van der Waals surface area contributed by atoms with Crippen molar-refractivity contribution < 1.29 is 17.2 Å². The highest BCUT2D eigenvalue weighted by molar-refractivity contribution is 7.91. The van der Waals surface area contributed by atoms with Gasteiger partial charge in [0.15, 0.2) is 0 Å². The average molecular weight is 329 g/mol. The lowest BCUT2D eigenvalue weighted by atomic mass is 10.3. The first-order valence-corrected chi connectivity index (χ1v) is 8.30. The monoisotopic (exact) mass is 329 g/mol. The third kappa shape index (κ3) is 3.82. The van der Waals surface area contributed by atoms with Crippen molar-refractivity contribution in [1.29, 1.82) is 0 Å². The van der Waals surface area contributed by atoms with Gasteiger partial charge in [-0.15, -0.1) is 0 Å². The van der Waals surface area contributed by atoms with Crippen molar-refractivity contribution in [2.45, 2.75) is 30.5 Å². The van der Waals surface area contributed by atoms with Crippen LogP contribution in [0.4, 0.5) is 14.5 Å². The fraction of sp³-hybridized carbons (Fsp3) is 0.357. The molecule has 0 atom stereocenters. The number of aryl methyl sites for hydroxylation is 2. The molecule has 0 fully saturated rings. The topological polar surface area (TPSA) is 64.0 Å². The predicted octanol–water partition coefficient (Wildman–Crippen LogP) is 2.69. The number of sulfone groups is 1. The molecule has 8 heteroatoms. The van der Waals surface area contributed by atoms with Gasteiger partial charge in [-0.05, 0) is 31.0 Å². The van der Waals surface area contributed by atoms with Gasteiger partial charge >= 0.3 is 5.76 Å². The normalized spacial score (nSPS) is 11.8. The van der Waals surface area contributed by atoms with Crippen LogP contribution in [0, 0.1) is 6.92 Å². The van der Waals surface area contributed by atoms with Gasteiger partial charge < -0.3 is 5.32 Å². The number of rotatable bonds is 7. The number of nitrogens with zero attached hydrogens (tertiary/aromatic N) is 2. The molecule has 0 amide bonds. The number of hydrogen-bond acceptors (Lipinski definition) is 4. The second-order valence-electron chi connectivity index (χ2n) is 4.86. The minimum absolute atomic E-state index is 0.194. The Balaban J connectivity index is 1.99. The largest absolute Gasteiger partial charge is 0.384 e. The average Bonchev–Trinajstić information content (AvgIpc) is 2.89. The van der Waals surface area contributed by atoms with E-state index in [4.69, 9.17) is 0 Å². The number of aromatic nitrogens is 2. The molecule has 0 radical (unpaired) electrons. The van der Waals surface area contributed by atoms with Gasteiger partial charge in [0.25, 0.3) is 0 Å². The summed E-state index contributed by atoms with van der Waals surface area (Å²) in [6, 6.07) is 5.69. The van der Waals surface area contributed by atoms with Crippen molar-refractivity contribution in [2.24, 2.45) is 0 Å². The SMILES string of the molecule is Cc1cnn(CCCNc2ccccc2S(=O)(=O)C(F)F)c1. The minimum Gasteiger partial charge on any atom is -0.384 e. The molecule has 1 heterocycles. The highest BCUT2D eigenvalue weighted by atomic mass is 32.2. The Morgan fingerprint density at radius 3 is 2.68 bits per heavy atom. The van der Waals surface area contributed by atoms with Crippen LogP contribution in [0.25, 0.3) is 0 Å². The molecule has 0 saturated heterocycles. The molecule has 0 aliphatic heterocycles. The maximum absolute atomic E-state index is 12.7. The first-order chi connectivity index (χ1) is 10.4. The van der Waals surface area contributed by atoms with Crippen molar-refractivity contribution in [2.75, 3.05) is 11.9 Å². The smallest absolute Gasteiger partial charge is 0.341 e. The van der Waals surface area contributed by atoms with E-state index in [1.165, 1.54) is 18.2 Å². The molecule has 0 spiro atoms. The Morgan fingerprint density at radius 2 is 2.05 bits per heavy atom. The lowest BCUT2D eigenvalue weighted by molar-refractivity contribution is 0.235. The van der Waals surface area contributed by atoms with E-state index in [1.807, 2.05) is 13.1 Å². The Labute approximate surface area is 127 Å². The zero-order valence-corrected chi connectivity index (χ0v) is 12.9. The molecule has 0 unspecified atom stereocenters. The van der Waals surface area contributed by atoms with E-state index in [9.17, 15) is 17.2 Å². The Bertz CT molecular complexity index is 729. The van der Waals surface area contributed by atoms with Crippen LogP contribution in [-0.4, -0.2) is 30.5 Å². The van der Waals surface area contributed by atoms with Gasteiger partial charge in [-0.25, -0.2) is 8.42 Å². The van der Waals surface area contributed by atoms with Gasteiger partial charge in [-0.2, -0.15) is 13.9 Å². The maximum Gasteiger partial charge on any atom is 0.341 e. The Kier molecular flexibility index (Phi) is 5.12. The quantitative estimate of drug-likeness (QED) is 0.793. The first-order valence-electron chi connectivity index (χ1n) is 6.75. The van der Waals surface area contributed by atoms with E-state index in [0.717, 1.165) is 5.56 Å². The summed E-state index contributed by atoms with van der Waals surface area (Å²) in [6.07, 6.45) is 4.33. The number of anilines is 1. The summed E-state index contributed by atoms with van der Waals surface area (Å²) in [6.45, 7) is 3.05. The molecule has 0 bridgehead atoms. The van der Waals surface area contributed by atoms with E-state index >= 15 is 0 Å². The fourth-order valence-electron chi connectivity index (χ4n) is 2.01. The number of alkyl halides is 2. The van der Waals surface area contributed by atoms with Gasteiger partial charge in [0.1, 0.15) is 0 Å². The molecule has 0 aliphatic carbocycles. The van der Waals surface area contributed by atoms with Gasteiger partial charge in [0.2, 0.25) is 9.84 Å².